The van der Waals surface area contributed by atoms with Gasteiger partial charge in [-0.2, -0.15) is 0 Å². The molecule has 0 aliphatic rings. The van der Waals surface area contributed by atoms with Gasteiger partial charge >= 0.3 is 0 Å². The lowest BCUT2D eigenvalue weighted by atomic mass is 10.1. The molecule has 0 bridgehead atoms. The van der Waals surface area contributed by atoms with Crippen molar-refractivity contribution in [3.05, 3.63) is 52.7 Å². The molecule has 0 spiro atoms. The number of fused-ring (bicyclic) bond motifs is 3. The van der Waals surface area contributed by atoms with Crippen molar-refractivity contribution in [2.24, 2.45) is 0 Å². The van der Waals surface area contributed by atoms with E-state index in [0.29, 0.717) is 33.6 Å². The van der Waals surface area contributed by atoms with Gasteiger partial charge in [0.25, 0.3) is 0 Å². The lowest BCUT2D eigenvalue weighted by Gasteiger charge is -2.10. The summed E-state index contributed by atoms with van der Waals surface area (Å²) in [6.45, 7) is 0. The molecular formula is C19H15NO5. The summed E-state index contributed by atoms with van der Waals surface area (Å²) in [7, 11) is 3.07. The minimum atomic E-state index is -0.331. The lowest BCUT2D eigenvalue weighted by molar-refractivity contribution is 0.355. The number of anilines is 1. The average molecular weight is 337 g/mol. The fourth-order valence-corrected chi connectivity index (χ4v) is 2.92. The van der Waals surface area contributed by atoms with E-state index in [1.54, 1.807) is 31.4 Å². The van der Waals surface area contributed by atoms with Crippen LogP contribution >= 0.6 is 0 Å². The minimum Gasteiger partial charge on any atom is -0.493 e. The molecule has 0 saturated carbocycles. The third kappa shape index (κ3) is 2.22. The van der Waals surface area contributed by atoms with Gasteiger partial charge in [0.15, 0.2) is 17.1 Å². The summed E-state index contributed by atoms with van der Waals surface area (Å²) in [6, 6.07) is 12.4. The van der Waals surface area contributed by atoms with Crippen LogP contribution in [-0.4, -0.2) is 14.2 Å². The van der Waals surface area contributed by atoms with Gasteiger partial charge in [-0.05, 0) is 29.8 Å². The molecule has 126 valence electrons. The van der Waals surface area contributed by atoms with Crippen LogP contribution in [0.15, 0.2) is 56.1 Å². The predicted octanol–water partition coefficient (Wildman–Crippen LogP) is 3.81. The van der Waals surface area contributed by atoms with Crippen LogP contribution in [0.1, 0.15) is 0 Å². The number of hydrogen-bond acceptors (Lipinski definition) is 6. The van der Waals surface area contributed by atoms with E-state index in [4.69, 9.17) is 24.0 Å². The Morgan fingerprint density at radius 2 is 1.68 bits per heavy atom. The highest BCUT2D eigenvalue weighted by molar-refractivity contribution is 6.02. The second-order valence-electron chi connectivity index (χ2n) is 5.50. The first-order valence-corrected chi connectivity index (χ1v) is 7.60. The molecule has 2 aromatic heterocycles. The fourth-order valence-electron chi connectivity index (χ4n) is 2.92. The highest BCUT2D eigenvalue weighted by Gasteiger charge is 2.20. The van der Waals surface area contributed by atoms with Crippen LogP contribution in [0.25, 0.3) is 33.3 Å². The number of nitrogens with two attached hydrogens (primary N) is 1. The minimum absolute atomic E-state index is 0.0243. The number of para-hydroxylation sites is 1. The maximum absolute atomic E-state index is 13.0. The molecule has 2 N–H and O–H groups in total. The van der Waals surface area contributed by atoms with Crippen LogP contribution in [0, 0.1) is 0 Å². The Morgan fingerprint density at radius 3 is 2.44 bits per heavy atom. The first-order chi connectivity index (χ1) is 12.1. The van der Waals surface area contributed by atoms with Crippen LogP contribution in [0.2, 0.25) is 0 Å². The van der Waals surface area contributed by atoms with Crippen LogP contribution in [-0.2, 0) is 0 Å². The zero-order chi connectivity index (χ0) is 17.6. The van der Waals surface area contributed by atoms with Gasteiger partial charge in [0.1, 0.15) is 5.58 Å². The maximum Gasteiger partial charge on any atom is 0.238 e. The van der Waals surface area contributed by atoms with Crippen LogP contribution < -0.4 is 20.6 Å². The van der Waals surface area contributed by atoms with Crippen molar-refractivity contribution < 1.29 is 18.3 Å². The van der Waals surface area contributed by atoms with Crippen molar-refractivity contribution >= 4 is 28.0 Å². The van der Waals surface area contributed by atoms with Crippen LogP contribution in [0.5, 0.6) is 11.5 Å². The monoisotopic (exact) mass is 337 g/mol. The molecule has 6 nitrogen and oxygen atoms in total. The molecule has 0 aliphatic carbocycles. The number of rotatable bonds is 3. The molecule has 2 heterocycles. The first kappa shape index (κ1) is 15.1. The molecule has 25 heavy (non-hydrogen) atoms. The lowest BCUT2D eigenvalue weighted by Crippen LogP contribution is -2.08. The van der Waals surface area contributed by atoms with Gasteiger partial charge in [-0.3, -0.25) is 4.79 Å². The van der Waals surface area contributed by atoms with Crippen molar-refractivity contribution in [2.45, 2.75) is 0 Å². The Morgan fingerprint density at radius 1 is 0.920 bits per heavy atom. The Hall–Kier alpha value is -3.41. The fraction of sp³-hybridized carbons (Fsp3) is 0.105. The van der Waals surface area contributed by atoms with Crippen molar-refractivity contribution in [1.29, 1.82) is 0 Å². The van der Waals surface area contributed by atoms with E-state index in [9.17, 15) is 4.79 Å². The number of methoxy groups -OCH3 is 2. The standard InChI is InChI=1S/C19H15NO5/c1-22-13-8-7-10(9-14(13)23-2)15-16(21)18-17(25-19(15)20)11-5-3-4-6-12(11)24-18/h3-9H,20H2,1-2H3. The SMILES string of the molecule is COc1ccc(-c2c(N)oc3c(oc4ccccc43)c2=O)cc1OC. The third-order valence-electron chi connectivity index (χ3n) is 4.11. The van der Waals surface area contributed by atoms with Gasteiger partial charge in [0, 0.05) is 0 Å². The van der Waals surface area contributed by atoms with Gasteiger partial charge in [-0.15, -0.1) is 0 Å². The average Bonchev–Trinajstić information content (AvgIpc) is 3.00. The van der Waals surface area contributed by atoms with Crippen molar-refractivity contribution in [1.82, 2.24) is 0 Å². The van der Waals surface area contributed by atoms with Crippen LogP contribution in [0.4, 0.5) is 5.88 Å². The van der Waals surface area contributed by atoms with Gasteiger partial charge in [0.05, 0.1) is 25.2 Å². The summed E-state index contributed by atoms with van der Waals surface area (Å²) in [4.78, 5) is 13.0. The smallest absolute Gasteiger partial charge is 0.238 e. The molecule has 0 atom stereocenters. The Kier molecular flexibility index (Phi) is 3.39. The molecule has 0 unspecified atom stereocenters. The third-order valence-corrected chi connectivity index (χ3v) is 4.11. The van der Waals surface area contributed by atoms with E-state index >= 15 is 0 Å². The number of ether oxygens (including phenoxy) is 2. The van der Waals surface area contributed by atoms with Gasteiger partial charge in [0.2, 0.25) is 16.9 Å². The van der Waals surface area contributed by atoms with Crippen molar-refractivity contribution in [2.75, 3.05) is 20.0 Å². The zero-order valence-electron chi connectivity index (χ0n) is 13.7. The van der Waals surface area contributed by atoms with Gasteiger partial charge in [-0.1, -0.05) is 18.2 Å². The number of nitrogen functional groups attached to an aromatic ring is 1. The molecule has 0 fully saturated rings. The van der Waals surface area contributed by atoms with Gasteiger partial charge in [-0.25, -0.2) is 0 Å². The number of furan rings is 1. The zero-order valence-corrected chi connectivity index (χ0v) is 13.7. The second-order valence-corrected chi connectivity index (χ2v) is 5.50. The Bertz CT molecular complexity index is 1160. The van der Waals surface area contributed by atoms with Crippen LogP contribution in [0.3, 0.4) is 0 Å². The molecule has 4 aromatic rings. The van der Waals surface area contributed by atoms with E-state index in [1.165, 1.54) is 7.11 Å². The van der Waals surface area contributed by atoms with E-state index in [1.807, 2.05) is 18.2 Å². The Labute approximate surface area is 142 Å². The normalized spacial score (nSPS) is 11.1. The number of benzene rings is 2. The summed E-state index contributed by atoms with van der Waals surface area (Å²) in [5.74, 6) is 1.07. The quantitative estimate of drug-likeness (QED) is 0.612. The molecule has 0 aliphatic heterocycles. The molecule has 4 rings (SSSR count). The highest BCUT2D eigenvalue weighted by atomic mass is 16.5. The van der Waals surface area contributed by atoms with Gasteiger partial charge < -0.3 is 24.0 Å². The molecule has 6 heteroatoms. The Balaban J connectivity index is 2.02. The molecule has 0 amide bonds. The molecule has 0 saturated heterocycles. The van der Waals surface area contributed by atoms with E-state index in [0.717, 1.165) is 0 Å². The topological polar surface area (TPSA) is 87.8 Å². The van der Waals surface area contributed by atoms with Crippen molar-refractivity contribution in [3.63, 3.8) is 0 Å². The summed E-state index contributed by atoms with van der Waals surface area (Å²) in [6.07, 6.45) is 0. The van der Waals surface area contributed by atoms with E-state index in [2.05, 4.69) is 0 Å². The molecule has 0 radical (unpaired) electrons. The summed E-state index contributed by atoms with van der Waals surface area (Å²) >= 11 is 0. The second kappa shape index (κ2) is 5.59. The predicted molar refractivity (Wildman–Crippen MR) is 95.2 cm³/mol. The van der Waals surface area contributed by atoms with Crippen molar-refractivity contribution in [3.8, 4) is 22.6 Å². The summed E-state index contributed by atoms with van der Waals surface area (Å²) < 4.78 is 21.9. The highest BCUT2D eigenvalue weighted by Crippen LogP contribution is 2.36. The number of hydrogen-bond donors (Lipinski definition) is 1. The summed E-state index contributed by atoms with van der Waals surface area (Å²) in [5.41, 5.74) is 7.57. The van der Waals surface area contributed by atoms with E-state index < -0.39 is 0 Å². The first-order valence-electron chi connectivity index (χ1n) is 7.60. The van der Waals surface area contributed by atoms with E-state index in [-0.39, 0.29) is 22.5 Å². The molecular weight excluding hydrogens is 322 g/mol. The maximum atomic E-state index is 13.0. The molecule has 2 aromatic carbocycles. The summed E-state index contributed by atoms with van der Waals surface area (Å²) in [5, 5.41) is 0.708. The largest absolute Gasteiger partial charge is 0.493 e.